The van der Waals surface area contributed by atoms with Gasteiger partial charge in [0.25, 0.3) is 0 Å². The lowest BCUT2D eigenvalue weighted by atomic mass is 10.3. The number of ether oxygens (including phenoxy) is 2. The van der Waals surface area contributed by atoms with Gasteiger partial charge in [-0.1, -0.05) is 11.6 Å². The molecule has 1 aromatic carbocycles. The van der Waals surface area contributed by atoms with Crippen molar-refractivity contribution in [2.24, 2.45) is 0 Å². The van der Waals surface area contributed by atoms with Crippen molar-refractivity contribution in [3.63, 3.8) is 0 Å². The summed E-state index contributed by atoms with van der Waals surface area (Å²) in [5.74, 6) is 0.682. The number of nitrogens with zero attached hydrogens (tertiary/aromatic N) is 1. The van der Waals surface area contributed by atoms with Crippen LogP contribution in [-0.4, -0.2) is 17.6 Å². The van der Waals surface area contributed by atoms with Gasteiger partial charge in [-0.15, -0.1) is 0 Å². The molecule has 0 spiro atoms. The number of amides is 1. The molecule has 2 aromatic rings. The zero-order valence-electron chi connectivity index (χ0n) is 11.0. The Kier molecular flexibility index (Phi) is 4.81. The Bertz CT molecular complexity index is 579. The van der Waals surface area contributed by atoms with Crippen molar-refractivity contribution in [2.75, 3.05) is 12.4 Å². The van der Waals surface area contributed by atoms with Crippen molar-refractivity contribution in [2.45, 2.75) is 13.5 Å². The third-order valence-corrected chi connectivity index (χ3v) is 3.81. The van der Waals surface area contributed by atoms with E-state index in [2.05, 4.69) is 14.4 Å². The molecule has 0 atom stereocenters. The first-order valence-electron chi connectivity index (χ1n) is 5.78. The van der Waals surface area contributed by atoms with Gasteiger partial charge in [0.1, 0.15) is 16.7 Å². The van der Waals surface area contributed by atoms with Gasteiger partial charge < -0.3 is 9.47 Å². The molecule has 0 aliphatic rings. The van der Waals surface area contributed by atoms with Crippen LogP contribution in [0.15, 0.2) is 24.3 Å². The van der Waals surface area contributed by atoms with Gasteiger partial charge in [0.05, 0.1) is 12.8 Å². The van der Waals surface area contributed by atoms with Crippen molar-refractivity contribution in [3.05, 3.63) is 39.9 Å². The normalized spacial score (nSPS) is 10.2. The Morgan fingerprint density at radius 2 is 2.10 bits per heavy atom. The van der Waals surface area contributed by atoms with E-state index in [0.717, 1.165) is 11.3 Å². The number of hydrogen-bond acceptors (Lipinski definition) is 5. The van der Waals surface area contributed by atoms with E-state index in [1.54, 1.807) is 24.3 Å². The number of aromatic nitrogens is 1. The second kappa shape index (κ2) is 6.58. The minimum absolute atomic E-state index is 0.366. The van der Waals surface area contributed by atoms with Crippen molar-refractivity contribution < 1.29 is 14.3 Å². The number of carbonyl (C=O) groups is 1. The quantitative estimate of drug-likeness (QED) is 0.931. The molecular formula is C13H13ClN2O3S. The van der Waals surface area contributed by atoms with Crippen LogP contribution in [0.4, 0.5) is 10.5 Å². The van der Waals surface area contributed by atoms with Gasteiger partial charge in [0.15, 0.2) is 0 Å². The van der Waals surface area contributed by atoms with Crippen LogP contribution >= 0.6 is 23.1 Å². The van der Waals surface area contributed by atoms with Crippen molar-refractivity contribution in [1.82, 2.24) is 4.37 Å². The minimum atomic E-state index is -0.509. The van der Waals surface area contributed by atoms with E-state index in [-0.39, 0.29) is 0 Å². The van der Waals surface area contributed by atoms with Gasteiger partial charge in [-0.2, -0.15) is 4.37 Å². The molecule has 5 nitrogen and oxygen atoms in total. The molecule has 1 amide bonds. The zero-order chi connectivity index (χ0) is 14.5. The van der Waals surface area contributed by atoms with Gasteiger partial charge in [-0.3, -0.25) is 5.32 Å². The molecule has 0 bridgehead atoms. The first-order chi connectivity index (χ1) is 9.60. The smallest absolute Gasteiger partial charge is 0.411 e. The Balaban J connectivity index is 1.96. The van der Waals surface area contributed by atoms with Crippen molar-refractivity contribution >= 4 is 34.9 Å². The second-order valence-electron chi connectivity index (χ2n) is 3.95. The predicted octanol–water partition coefficient (Wildman–Crippen LogP) is 3.86. The number of methoxy groups -OCH3 is 1. The maximum atomic E-state index is 11.0. The van der Waals surface area contributed by atoms with Crippen molar-refractivity contribution in [1.29, 1.82) is 0 Å². The number of nitrogens with one attached hydrogen (secondary N) is 1. The fraction of sp³-hybridized carbons (Fsp3) is 0.231. The van der Waals surface area contributed by atoms with E-state index in [1.807, 2.05) is 6.92 Å². The number of rotatable bonds is 4. The second-order valence-corrected chi connectivity index (χ2v) is 5.33. The van der Waals surface area contributed by atoms with E-state index in [4.69, 9.17) is 16.3 Å². The highest BCUT2D eigenvalue weighted by atomic mass is 35.5. The van der Waals surface area contributed by atoms with Crippen LogP contribution < -0.4 is 10.1 Å². The zero-order valence-corrected chi connectivity index (χ0v) is 12.5. The topological polar surface area (TPSA) is 60.5 Å². The summed E-state index contributed by atoms with van der Waals surface area (Å²) in [4.78, 5) is 11.0. The highest BCUT2D eigenvalue weighted by Crippen LogP contribution is 2.25. The highest BCUT2D eigenvalue weighted by molar-refractivity contribution is 7.10. The van der Waals surface area contributed by atoms with Crippen LogP contribution in [0.25, 0.3) is 0 Å². The van der Waals surface area contributed by atoms with Crippen LogP contribution in [0.3, 0.4) is 0 Å². The SMILES string of the molecule is COC(=O)Nc1ccc(OCc2c(C)nsc2Cl)cc1. The molecule has 0 aliphatic heterocycles. The van der Waals surface area contributed by atoms with Crippen LogP contribution in [0, 0.1) is 6.92 Å². The number of benzene rings is 1. The summed E-state index contributed by atoms with van der Waals surface area (Å²) in [5, 5.41) is 2.56. The molecule has 0 aliphatic carbocycles. The lowest BCUT2D eigenvalue weighted by molar-refractivity contribution is 0.187. The first kappa shape index (κ1) is 14.6. The highest BCUT2D eigenvalue weighted by Gasteiger charge is 2.09. The number of halogens is 1. The number of carbonyl (C=O) groups excluding carboxylic acids is 1. The van der Waals surface area contributed by atoms with E-state index >= 15 is 0 Å². The maximum Gasteiger partial charge on any atom is 0.411 e. The molecule has 0 fully saturated rings. The minimum Gasteiger partial charge on any atom is -0.489 e. The summed E-state index contributed by atoms with van der Waals surface area (Å²) in [5.41, 5.74) is 2.41. The average molecular weight is 313 g/mol. The van der Waals surface area contributed by atoms with Crippen molar-refractivity contribution in [3.8, 4) is 5.75 Å². The van der Waals surface area contributed by atoms with Crippen LogP contribution in [0.1, 0.15) is 11.3 Å². The van der Waals surface area contributed by atoms with Crippen LogP contribution in [-0.2, 0) is 11.3 Å². The third kappa shape index (κ3) is 3.61. The molecule has 1 aromatic heterocycles. The molecule has 2 rings (SSSR count). The average Bonchev–Trinajstić information content (AvgIpc) is 2.77. The van der Waals surface area contributed by atoms with Crippen LogP contribution in [0.2, 0.25) is 4.34 Å². The molecule has 7 heteroatoms. The first-order valence-corrected chi connectivity index (χ1v) is 6.93. The summed E-state index contributed by atoms with van der Waals surface area (Å²) >= 11 is 7.28. The number of aryl methyl sites for hydroxylation is 1. The van der Waals surface area contributed by atoms with E-state index in [9.17, 15) is 4.79 Å². The molecule has 0 unspecified atom stereocenters. The Hall–Kier alpha value is -1.79. The summed E-state index contributed by atoms with van der Waals surface area (Å²) in [6.45, 7) is 2.26. The molecule has 0 saturated heterocycles. The summed E-state index contributed by atoms with van der Waals surface area (Å²) in [7, 11) is 1.31. The Labute approximate surface area is 125 Å². The van der Waals surface area contributed by atoms with E-state index < -0.39 is 6.09 Å². The van der Waals surface area contributed by atoms with Gasteiger partial charge in [0.2, 0.25) is 0 Å². The third-order valence-electron chi connectivity index (χ3n) is 2.61. The van der Waals surface area contributed by atoms with Gasteiger partial charge in [0, 0.05) is 11.3 Å². The lowest BCUT2D eigenvalue weighted by Gasteiger charge is -2.07. The summed E-state index contributed by atoms with van der Waals surface area (Å²) in [6.07, 6.45) is -0.509. The monoisotopic (exact) mass is 312 g/mol. The lowest BCUT2D eigenvalue weighted by Crippen LogP contribution is -2.10. The van der Waals surface area contributed by atoms with E-state index in [0.29, 0.717) is 22.4 Å². The van der Waals surface area contributed by atoms with Gasteiger partial charge in [-0.25, -0.2) is 4.79 Å². The molecular weight excluding hydrogens is 300 g/mol. The molecule has 0 radical (unpaired) electrons. The number of hydrogen-bond donors (Lipinski definition) is 1. The molecule has 20 heavy (non-hydrogen) atoms. The number of anilines is 1. The Morgan fingerprint density at radius 3 is 2.65 bits per heavy atom. The summed E-state index contributed by atoms with van der Waals surface area (Å²) in [6, 6.07) is 6.97. The van der Waals surface area contributed by atoms with Gasteiger partial charge >= 0.3 is 6.09 Å². The fourth-order valence-corrected chi connectivity index (χ4v) is 2.42. The Morgan fingerprint density at radius 1 is 1.40 bits per heavy atom. The molecule has 1 N–H and O–H groups in total. The molecule has 0 saturated carbocycles. The fourth-order valence-electron chi connectivity index (χ4n) is 1.48. The predicted molar refractivity (Wildman–Crippen MR) is 78.7 cm³/mol. The summed E-state index contributed by atoms with van der Waals surface area (Å²) < 4.78 is 14.9. The van der Waals surface area contributed by atoms with Gasteiger partial charge in [-0.05, 0) is 42.7 Å². The van der Waals surface area contributed by atoms with Crippen LogP contribution in [0.5, 0.6) is 5.75 Å². The molecule has 1 heterocycles. The molecule has 106 valence electrons. The van der Waals surface area contributed by atoms with E-state index in [1.165, 1.54) is 18.6 Å². The maximum absolute atomic E-state index is 11.0. The standard InChI is InChI=1S/C13H13ClN2O3S/c1-8-11(12(14)20-16-8)7-19-10-5-3-9(4-6-10)15-13(17)18-2/h3-6H,7H2,1-2H3,(H,15,17). The largest absolute Gasteiger partial charge is 0.489 e.